The molecule has 5 heteroatoms. The van der Waals surface area contributed by atoms with E-state index in [0.29, 0.717) is 35.7 Å². The van der Waals surface area contributed by atoms with Gasteiger partial charge in [-0.05, 0) is 47.9 Å². The number of nitrogens with one attached hydrogen (secondary N) is 2. The molecular weight excluding hydrogens is 436 g/mol. The number of amides is 2. The van der Waals surface area contributed by atoms with Crippen molar-refractivity contribution in [1.29, 1.82) is 0 Å². The third-order valence-electron chi connectivity index (χ3n) is 5.56. The highest BCUT2D eigenvalue weighted by Gasteiger charge is 2.14. The molecule has 0 aliphatic heterocycles. The Bertz CT molecular complexity index is 1260. The summed E-state index contributed by atoms with van der Waals surface area (Å²) in [6.07, 6.45) is 1.52. The number of para-hydroxylation sites is 1. The number of hydrogen-bond acceptors (Lipinski definition) is 3. The predicted octanol–water partition coefficient (Wildman–Crippen LogP) is 5.53. The van der Waals surface area contributed by atoms with Crippen LogP contribution in [0.25, 0.3) is 0 Å². The zero-order valence-electron chi connectivity index (χ0n) is 19.4. The van der Waals surface area contributed by atoms with E-state index in [0.717, 1.165) is 18.4 Å². The molecule has 0 radical (unpaired) electrons. The normalized spacial score (nSPS) is 10.4. The monoisotopic (exact) mass is 464 g/mol. The number of rotatable bonds is 10. The topological polar surface area (TPSA) is 67.4 Å². The lowest BCUT2D eigenvalue weighted by Crippen LogP contribution is -2.27. The summed E-state index contributed by atoms with van der Waals surface area (Å²) in [5.41, 5.74) is 3.69. The first-order chi connectivity index (χ1) is 17.2. The second kappa shape index (κ2) is 12.2. The van der Waals surface area contributed by atoms with Crippen LogP contribution in [-0.4, -0.2) is 25.0 Å². The van der Waals surface area contributed by atoms with Gasteiger partial charge in [0.2, 0.25) is 0 Å². The fourth-order valence-corrected chi connectivity index (χ4v) is 3.70. The molecule has 35 heavy (non-hydrogen) atoms. The molecule has 0 atom stereocenters. The molecular formula is C30H28N2O3. The zero-order chi connectivity index (χ0) is 24.3. The van der Waals surface area contributed by atoms with Crippen molar-refractivity contribution in [1.82, 2.24) is 5.32 Å². The SMILES string of the molecule is O=C(Nc1ccccc1C(=O)NCCc1ccccc1)c1cccc(OCCc2ccccc2)c1. The maximum Gasteiger partial charge on any atom is 0.255 e. The molecule has 0 unspecified atom stereocenters. The van der Waals surface area contributed by atoms with Gasteiger partial charge in [-0.2, -0.15) is 0 Å². The summed E-state index contributed by atoms with van der Waals surface area (Å²) < 4.78 is 5.85. The van der Waals surface area contributed by atoms with Gasteiger partial charge in [0, 0.05) is 18.5 Å². The van der Waals surface area contributed by atoms with E-state index in [1.807, 2.05) is 54.6 Å². The van der Waals surface area contributed by atoms with Crippen LogP contribution in [-0.2, 0) is 12.8 Å². The number of ether oxygens (including phenoxy) is 1. The molecule has 4 rings (SSSR count). The van der Waals surface area contributed by atoms with Gasteiger partial charge in [-0.15, -0.1) is 0 Å². The highest BCUT2D eigenvalue weighted by molar-refractivity contribution is 6.09. The van der Waals surface area contributed by atoms with Crippen molar-refractivity contribution in [2.45, 2.75) is 12.8 Å². The number of carbonyl (C=O) groups excluding carboxylic acids is 2. The van der Waals surface area contributed by atoms with Crippen LogP contribution in [0.15, 0.2) is 109 Å². The Morgan fingerprint density at radius 1 is 0.657 bits per heavy atom. The zero-order valence-corrected chi connectivity index (χ0v) is 19.4. The first-order valence-electron chi connectivity index (χ1n) is 11.7. The summed E-state index contributed by atoms with van der Waals surface area (Å²) >= 11 is 0. The van der Waals surface area contributed by atoms with Gasteiger partial charge in [-0.1, -0.05) is 78.9 Å². The van der Waals surface area contributed by atoms with Crippen LogP contribution < -0.4 is 15.4 Å². The van der Waals surface area contributed by atoms with Gasteiger partial charge in [-0.3, -0.25) is 9.59 Å². The van der Waals surface area contributed by atoms with E-state index in [2.05, 4.69) is 22.8 Å². The fourth-order valence-electron chi connectivity index (χ4n) is 3.70. The molecule has 0 bridgehead atoms. The number of hydrogen-bond donors (Lipinski definition) is 2. The second-order valence-corrected chi connectivity index (χ2v) is 8.10. The van der Waals surface area contributed by atoms with Crippen molar-refractivity contribution in [2.75, 3.05) is 18.5 Å². The molecule has 2 N–H and O–H groups in total. The van der Waals surface area contributed by atoms with Gasteiger partial charge < -0.3 is 15.4 Å². The number of benzene rings is 4. The van der Waals surface area contributed by atoms with Crippen molar-refractivity contribution in [3.05, 3.63) is 131 Å². The van der Waals surface area contributed by atoms with Gasteiger partial charge in [0.1, 0.15) is 5.75 Å². The molecule has 176 valence electrons. The first kappa shape index (κ1) is 23.8. The molecule has 5 nitrogen and oxygen atoms in total. The van der Waals surface area contributed by atoms with Crippen LogP contribution in [0.5, 0.6) is 5.75 Å². The van der Waals surface area contributed by atoms with Crippen molar-refractivity contribution < 1.29 is 14.3 Å². The van der Waals surface area contributed by atoms with E-state index in [-0.39, 0.29) is 11.8 Å². The van der Waals surface area contributed by atoms with Gasteiger partial charge in [-0.25, -0.2) is 0 Å². The Morgan fingerprint density at radius 3 is 2.06 bits per heavy atom. The van der Waals surface area contributed by atoms with Crippen molar-refractivity contribution >= 4 is 17.5 Å². The molecule has 0 fully saturated rings. The van der Waals surface area contributed by atoms with E-state index in [1.54, 1.807) is 42.5 Å². The third kappa shape index (κ3) is 7.05. The van der Waals surface area contributed by atoms with Crippen LogP contribution in [0.4, 0.5) is 5.69 Å². The van der Waals surface area contributed by atoms with Crippen LogP contribution in [0.1, 0.15) is 31.8 Å². The van der Waals surface area contributed by atoms with Crippen molar-refractivity contribution in [3.63, 3.8) is 0 Å². The Labute approximate surface area is 205 Å². The van der Waals surface area contributed by atoms with Crippen LogP contribution in [0.2, 0.25) is 0 Å². The molecule has 0 spiro atoms. The summed E-state index contributed by atoms with van der Waals surface area (Å²) in [6.45, 7) is 1.02. The average Bonchev–Trinajstić information content (AvgIpc) is 2.90. The van der Waals surface area contributed by atoms with E-state index >= 15 is 0 Å². The summed E-state index contributed by atoms with van der Waals surface area (Å²) in [5, 5.41) is 5.81. The molecule has 2 amide bonds. The van der Waals surface area contributed by atoms with E-state index in [9.17, 15) is 9.59 Å². The van der Waals surface area contributed by atoms with Gasteiger partial charge >= 0.3 is 0 Å². The Balaban J connectivity index is 1.34. The molecule has 0 saturated heterocycles. The van der Waals surface area contributed by atoms with Crippen LogP contribution in [0.3, 0.4) is 0 Å². The smallest absolute Gasteiger partial charge is 0.255 e. The largest absolute Gasteiger partial charge is 0.493 e. The van der Waals surface area contributed by atoms with E-state index in [1.165, 1.54) is 5.56 Å². The highest BCUT2D eigenvalue weighted by atomic mass is 16.5. The van der Waals surface area contributed by atoms with Crippen molar-refractivity contribution in [2.24, 2.45) is 0 Å². The van der Waals surface area contributed by atoms with Gasteiger partial charge in [0.25, 0.3) is 11.8 Å². The molecule has 4 aromatic rings. The van der Waals surface area contributed by atoms with Crippen molar-refractivity contribution in [3.8, 4) is 5.75 Å². The molecule has 4 aromatic carbocycles. The summed E-state index contributed by atoms with van der Waals surface area (Å²) in [5.74, 6) is 0.0957. The maximum absolute atomic E-state index is 12.9. The lowest BCUT2D eigenvalue weighted by Gasteiger charge is -2.12. The summed E-state index contributed by atoms with van der Waals surface area (Å²) in [7, 11) is 0. The molecule has 0 aliphatic rings. The maximum atomic E-state index is 12.9. The van der Waals surface area contributed by atoms with Gasteiger partial charge in [0.05, 0.1) is 17.9 Å². The molecule has 0 saturated carbocycles. The third-order valence-corrected chi connectivity index (χ3v) is 5.56. The Morgan fingerprint density at radius 2 is 1.31 bits per heavy atom. The van der Waals surface area contributed by atoms with E-state index < -0.39 is 0 Å². The fraction of sp³-hybridized carbons (Fsp3) is 0.133. The quantitative estimate of drug-likeness (QED) is 0.324. The molecule has 0 aliphatic carbocycles. The summed E-state index contributed by atoms with van der Waals surface area (Å²) in [4.78, 5) is 25.7. The average molecular weight is 465 g/mol. The number of carbonyl (C=O) groups is 2. The molecule has 0 heterocycles. The lowest BCUT2D eigenvalue weighted by molar-refractivity contribution is 0.0955. The highest BCUT2D eigenvalue weighted by Crippen LogP contribution is 2.19. The second-order valence-electron chi connectivity index (χ2n) is 8.10. The minimum Gasteiger partial charge on any atom is -0.493 e. The predicted molar refractivity (Wildman–Crippen MR) is 139 cm³/mol. The Kier molecular flexibility index (Phi) is 8.28. The van der Waals surface area contributed by atoms with E-state index in [4.69, 9.17) is 4.74 Å². The lowest BCUT2D eigenvalue weighted by atomic mass is 10.1. The number of anilines is 1. The van der Waals surface area contributed by atoms with Crippen LogP contribution >= 0.6 is 0 Å². The first-order valence-corrected chi connectivity index (χ1v) is 11.7. The minimum atomic E-state index is -0.303. The van der Waals surface area contributed by atoms with Crippen LogP contribution in [0, 0.1) is 0 Å². The van der Waals surface area contributed by atoms with Gasteiger partial charge in [0.15, 0.2) is 0 Å². The standard InChI is InChI=1S/C30H28N2O3/c33-29(25-14-9-15-26(22-25)35-21-19-24-12-5-2-6-13-24)32-28-17-8-7-16-27(28)30(34)31-20-18-23-10-3-1-4-11-23/h1-17,22H,18-21H2,(H,31,34)(H,32,33). The Hall–Kier alpha value is -4.38. The molecule has 0 aromatic heterocycles. The summed E-state index contributed by atoms with van der Waals surface area (Å²) in [6, 6.07) is 34.1. The minimum absolute atomic E-state index is 0.227.